The molecular weight excluding hydrogens is 530 g/mol. The van der Waals surface area contributed by atoms with E-state index in [1.165, 1.54) is 19.5 Å². The lowest BCUT2D eigenvalue weighted by molar-refractivity contribution is -0.123. The van der Waals surface area contributed by atoms with E-state index in [1.807, 2.05) is 13.8 Å². The number of methoxy groups -OCH3 is 1. The minimum atomic E-state index is -0.952. The Morgan fingerprint density at radius 2 is 1.90 bits per heavy atom. The van der Waals surface area contributed by atoms with Gasteiger partial charge in [-0.15, -0.1) is 0 Å². The molecule has 0 unspecified atom stereocenters. The quantitative estimate of drug-likeness (QED) is 0.288. The summed E-state index contributed by atoms with van der Waals surface area (Å²) in [5.41, 5.74) is -0.172. The molecular formula is C26H32F2N6O6. The number of hydrogen-bond acceptors (Lipinski definition) is 8. The van der Waals surface area contributed by atoms with Crippen molar-refractivity contribution in [2.24, 2.45) is 5.92 Å². The molecule has 1 aromatic heterocycles. The molecule has 1 saturated heterocycles. The van der Waals surface area contributed by atoms with Gasteiger partial charge in [-0.1, -0.05) is 13.8 Å². The van der Waals surface area contributed by atoms with Crippen LogP contribution in [0.25, 0.3) is 0 Å². The van der Waals surface area contributed by atoms with E-state index in [0.29, 0.717) is 12.0 Å². The number of carbonyl (C=O) groups is 4. The van der Waals surface area contributed by atoms with Crippen molar-refractivity contribution in [1.29, 1.82) is 0 Å². The molecule has 1 aliphatic heterocycles. The number of carbonyl (C=O) groups excluding carboxylic acids is 4. The summed E-state index contributed by atoms with van der Waals surface area (Å²) in [4.78, 5) is 53.6. The van der Waals surface area contributed by atoms with E-state index < -0.39 is 53.5 Å². The summed E-state index contributed by atoms with van der Waals surface area (Å²) in [6.45, 7) is 3.76. The number of hydrogen-bond donors (Lipinski definition) is 4. The highest BCUT2D eigenvalue weighted by Gasteiger charge is 2.33. The van der Waals surface area contributed by atoms with Gasteiger partial charge in [-0.25, -0.2) is 18.4 Å². The fraction of sp³-hybridized carbons (Fsp3) is 0.423. The number of anilines is 2. The van der Waals surface area contributed by atoms with Gasteiger partial charge in [0.25, 0.3) is 5.91 Å². The Labute approximate surface area is 229 Å². The largest absolute Gasteiger partial charge is 0.453 e. The molecule has 2 atom stereocenters. The van der Waals surface area contributed by atoms with Gasteiger partial charge in [0.1, 0.15) is 17.8 Å². The first-order valence-electron chi connectivity index (χ1n) is 12.6. The second-order valence-corrected chi connectivity index (χ2v) is 9.39. The lowest BCUT2D eigenvalue weighted by Crippen LogP contribution is -2.48. The molecule has 4 N–H and O–H groups in total. The molecule has 2 heterocycles. The number of alkyl carbamates (subject to hydrolysis) is 1. The van der Waals surface area contributed by atoms with Crippen molar-refractivity contribution >= 4 is 35.4 Å². The molecule has 40 heavy (non-hydrogen) atoms. The van der Waals surface area contributed by atoms with Crippen LogP contribution in [0.4, 0.5) is 29.7 Å². The first kappa shape index (κ1) is 30.1. The van der Waals surface area contributed by atoms with Crippen molar-refractivity contribution in [1.82, 2.24) is 20.9 Å². The molecule has 0 saturated carbocycles. The SMILES string of the molecule is COC(=O)NC[C@H]1CN(c2cc(F)c(NCCNC(=O)[C@H](CC(C)C)NC(=O)c3cccnc3)c(F)c2)C(=O)O1. The summed E-state index contributed by atoms with van der Waals surface area (Å²) in [7, 11) is 1.19. The lowest BCUT2D eigenvalue weighted by Gasteiger charge is -2.20. The highest BCUT2D eigenvalue weighted by Crippen LogP contribution is 2.28. The van der Waals surface area contributed by atoms with Crippen LogP contribution in [0.5, 0.6) is 0 Å². The normalized spacial score (nSPS) is 15.3. The van der Waals surface area contributed by atoms with Gasteiger partial charge in [0.2, 0.25) is 5.91 Å². The van der Waals surface area contributed by atoms with Crippen molar-refractivity contribution in [3.8, 4) is 0 Å². The maximum absolute atomic E-state index is 14.8. The van der Waals surface area contributed by atoms with Gasteiger partial charge in [0.05, 0.1) is 31.5 Å². The van der Waals surface area contributed by atoms with Crippen molar-refractivity contribution in [2.75, 3.05) is 43.5 Å². The number of rotatable bonds is 12. The molecule has 0 radical (unpaired) electrons. The molecule has 0 bridgehead atoms. The van der Waals surface area contributed by atoms with Crippen LogP contribution in [-0.4, -0.2) is 74.4 Å². The standard InChI is InChI=1S/C26H32F2N6O6/c1-15(2)9-21(33-23(35)16-5-4-6-29-12-16)24(36)31-8-7-30-22-19(27)10-17(11-20(22)28)34-14-18(40-26(34)38)13-32-25(37)39-3/h4-6,10-12,15,18,21,30H,7-9,13-14H2,1-3H3,(H,31,36)(H,32,37)(H,33,35)/t18-,21-/m0/s1. The van der Waals surface area contributed by atoms with Gasteiger partial charge in [-0.3, -0.25) is 19.5 Å². The molecule has 3 rings (SSSR count). The smallest absolute Gasteiger partial charge is 0.414 e. The van der Waals surface area contributed by atoms with Crippen LogP contribution >= 0.6 is 0 Å². The summed E-state index contributed by atoms with van der Waals surface area (Å²) in [6, 6.07) is 4.34. The molecule has 1 fully saturated rings. The topological polar surface area (TPSA) is 151 Å². The second-order valence-electron chi connectivity index (χ2n) is 9.39. The Morgan fingerprint density at radius 1 is 1.18 bits per heavy atom. The van der Waals surface area contributed by atoms with Gasteiger partial charge >= 0.3 is 12.2 Å². The molecule has 0 spiro atoms. The third-order valence-electron chi connectivity index (χ3n) is 5.85. The van der Waals surface area contributed by atoms with Gasteiger partial charge in [0, 0.05) is 37.6 Å². The van der Waals surface area contributed by atoms with Gasteiger partial charge in [0.15, 0.2) is 11.6 Å². The zero-order valence-corrected chi connectivity index (χ0v) is 22.3. The van der Waals surface area contributed by atoms with Crippen LogP contribution in [0.3, 0.4) is 0 Å². The number of pyridine rings is 1. The molecule has 0 aliphatic carbocycles. The van der Waals surface area contributed by atoms with Crippen molar-refractivity contribution in [3.63, 3.8) is 0 Å². The zero-order chi connectivity index (χ0) is 29.2. The second kappa shape index (κ2) is 14.1. The molecule has 1 aliphatic rings. The van der Waals surface area contributed by atoms with E-state index in [9.17, 15) is 28.0 Å². The van der Waals surface area contributed by atoms with E-state index in [1.54, 1.807) is 12.1 Å². The van der Waals surface area contributed by atoms with Crippen LogP contribution in [0.2, 0.25) is 0 Å². The van der Waals surface area contributed by atoms with Crippen LogP contribution in [0.15, 0.2) is 36.7 Å². The predicted octanol–water partition coefficient (Wildman–Crippen LogP) is 2.41. The first-order chi connectivity index (χ1) is 19.1. The summed E-state index contributed by atoms with van der Waals surface area (Å²) < 4.78 is 39.1. The van der Waals surface area contributed by atoms with Crippen LogP contribution < -0.4 is 26.2 Å². The molecule has 14 heteroatoms. The number of aromatic nitrogens is 1. The monoisotopic (exact) mass is 562 g/mol. The Balaban J connectivity index is 1.53. The van der Waals surface area contributed by atoms with Crippen molar-refractivity contribution < 1.29 is 37.4 Å². The minimum absolute atomic E-state index is 0.0170. The van der Waals surface area contributed by atoms with E-state index >= 15 is 0 Å². The highest BCUT2D eigenvalue weighted by molar-refractivity contribution is 5.97. The summed E-state index contributed by atoms with van der Waals surface area (Å²) in [6.07, 6.45) is 1.06. The number of benzene rings is 1. The van der Waals surface area contributed by atoms with Crippen molar-refractivity contribution in [3.05, 3.63) is 53.9 Å². The average molecular weight is 563 g/mol. The zero-order valence-electron chi connectivity index (χ0n) is 22.3. The number of nitrogens with one attached hydrogen (secondary N) is 4. The molecule has 2 aromatic rings. The van der Waals surface area contributed by atoms with Gasteiger partial charge < -0.3 is 30.7 Å². The van der Waals surface area contributed by atoms with Gasteiger partial charge in [-0.05, 0) is 24.5 Å². The van der Waals surface area contributed by atoms with E-state index in [4.69, 9.17) is 4.74 Å². The fourth-order valence-electron chi connectivity index (χ4n) is 3.93. The maximum Gasteiger partial charge on any atom is 0.414 e. The number of amides is 4. The van der Waals surface area contributed by atoms with Crippen LogP contribution in [0.1, 0.15) is 30.6 Å². The molecule has 216 valence electrons. The van der Waals surface area contributed by atoms with Gasteiger partial charge in [-0.2, -0.15) is 0 Å². The number of cyclic esters (lactones) is 1. The first-order valence-corrected chi connectivity index (χ1v) is 12.6. The Hall–Kier alpha value is -4.49. The van der Waals surface area contributed by atoms with Crippen LogP contribution in [0, 0.1) is 17.6 Å². The van der Waals surface area contributed by atoms with Crippen LogP contribution in [-0.2, 0) is 14.3 Å². The third-order valence-corrected chi connectivity index (χ3v) is 5.85. The summed E-state index contributed by atoms with van der Waals surface area (Å²) in [5, 5.41) is 10.4. The van der Waals surface area contributed by atoms with E-state index in [2.05, 4.69) is 31.0 Å². The third kappa shape index (κ3) is 8.25. The minimum Gasteiger partial charge on any atom is -0.453 e. The van der Waals surface area contributed by atoms with Crippen molar-refractivity contribution in [2.45, 2.75) is 32.4 Å². The number of ether oxygens (including phenoxy) is 2. The fourth-order valence-corrected chi connectivity index (χ4v) is 3.93. The maximum atomic E-state index is 14.8. The van der Waals surface area contributed by atoms with E-state index in [0.717, 1.165) is 17.0 Å². The molecule has 12 nitrogen and oxygen atoms in total. The Kier molecular flexibility index (Phi) is 10.6. The van der Waals surface area contributed by atoms with E-state index in [-0.39, 0.29) is 37.8 Å². The molecule has 1 aromatic carbocycles. The lowest BCUT2D eigenvalue weighted by atomic mass is 10.0. The number of halogens is 2. The summed E-state index contributed by atoms with van der Waals surface area (Å²) >= 11 is 0. The average Bonchev–Trinajstić information content (AvgIpc) is 3.30. The summed E-state index contributed by atoms with van der Waals surface area (Å²) in [5.74, 6) is -2.67. The Morgan fingerprint density at radius 3 is 2.52 bits per heavy atom. The Bertz CT molecular complexity index is 1190. The molecule has 4 amide bonds. The highest BCUT2D eigenvalue weighted by atomic mass is 19.1. The number of nitrogens with zero attached hydrogens (tertiary/aromatic N) is 2. The predicted molar refractivity (Wildman–Crippen MR) is 141 cm³/mol.